The van der Waals surface area contributed by atoms with E-state index < -0.39 is 0 Å². The molecule has 0 amide bonds. The molecule has 1 aliphatic carbocycles. The number of nitrogens with two attached hydrogens (primary N) is 3. The number of allylic oxidation sites excluding steroid dienone is 4. The lowest BCUT2D eigenvalue weighted by Gasteiger charge is -2.10. The van der Waals surface area contributed by atoms with Gasteiger partial charge in [0.15, 0.2) is 5.96 Å². The normalized spacial score (nSPS) is 20.3. The van der Waals surface area contributed by atoms with E-state index in [4.69, 9.17) is 17.2 Å². The monoisotopic (exact) mass is 207 g/mol. The minimum Gasteiger partial charge on any atom is -0.370 e. The van der Waals surface area contributed by atoms with Crippen LogP contribution in [0.3, 0.4) is 0 Å². The number of hydrogen-bond acceptors (Lipinski definition) is 1. The summed E-state index contributed by atoms with van der Waals surface area (Å²) in [5.41, 5.74) is 15.8. The summed E-state index contributed by atoms with van der Waals surface area (Å²) in [4.78, 5) is 7.68. The van der Waals surface area contributed by atoms with Crippen molar-refractivity contribution in [1.29, 1.82) is 0 Å². The summed E-state index contributed by atoms with van der Waals surface area (Å²) in [6, 6.07) is 0. The van der Waals surface area contributed by atoms with Crippen LogP contribution in [-0.2, 0) is 0 Å². The molecule has 0 aliphatic heterocycles. The number of rotatable bonds is 3. The van der Waals surface area contributed by atoms with Crippen molar-refractivity contribution in [2.45, 2.75) is 12.8 Å². The highest BCUT2D eigenvalue weighted by Crippen LogP contribution is 2.14. The number of guanidine groups is 2. The molecule has 15 heavy (non-hydrogen) atoms. The molecule has 82 valence electrons. The summed E-state index contributed by atoms with van der Waals surface area (Å²) >= 11 is 0. The molecular formula is C10H17N5. The Bertz CT molecular complexity index is 310. The van der Waals surface area contributed by atoms with Crippen LogP contribution in [0.2, 0.25) is 0 Å². The molecule has 1 unspecified atom stereocenters. The zero-order valence-corrected chi connectivity index (χ0v) is 8.63. The van der Waals surface area contributed by atoms with E-state index in [-0.39, 0.29) is 11.9 Å². The molecule has 1 rings (SSSR count). The van der Waals surface area contributed by atoms with Crippen LogP contribution in [0.5, 0.6) is 0 Å². The van der Waals surface area contributed by atoms with Crippen LogP contribution in [0, 0.1) is 5.92 Å². The predicted octanol–water partition coefficient (Wildman–Crippen LogP) is 0.0969. The van der Waals surface area contributed by atoms with Crippen molar-refractivity contribution >= 4 is 11.9 Å². The highest BCUT2D eigenvalue weighted by atomic mass is 15.1. The maximum absolute atomic E-state index is 5.46. The Morgan fingerprint density at radius 3 is 2.67 bits per heavy atom. The second-order valence-electron chi connectivity index (χ2n) is 3.37. The van der Waals surface area contributed by atoms with E-state index in [1.807, 2.05) is 6.08 Å². The van der Waals surface area contributed by atoms with E-state index in [0.29, 0.717) is 12.5 Å². The fraction of sp³-hybridized carbons (Fsp3) is 0.400. The van der Waals surface area contributed by atoms with Crippen molar-refractivity contribution in [2.24, 2.45) is 33.1 Å². The van der Waals surface area contributed by atoms with Crippen molar-refractivity contribution in [3.05, 3.63) is 24.3 Å². The van der Waals surface area contributed by atoms with Crippen LogP contribution in [0.15, 0.2) is 34.3 Å². The zero-order valence-electron chi connectivity index (χ0n) is 8.63. The standard InChI is InChI=1S/C10H17N5/c11-9(12)15-10(13)14-7-6-8-4-2-1-3-5-8/h1-4,8H,5-7H2,(H6,11,12,13,14,15). The summed E-state index contributed by atoms with van der Waals surface area (Å²) < 4.78 is 0. The molecule has 0 heterocycles. The predicted molar refractivity (Wildman–Crippen MR) is 63.3 cm³/mol. The molecule has 0 radical (unpaired) electrons. The van der Waals surface area contributed by atoms with Gasteiger partial charge < -0.3 is 17.2 Å². The quantitative estimate of drug-likeness (QED) is 0.451. The van der Waals surface area contributed by atoms with E-state index in [1.165, 1.54) is 0 Å². The Hall–Kier alpha value is -1.78. The van der Waals surface area contributed by atoms with Crippen molar-refractivity contribution < 1.29 is 0 Å². The maximum Gasteiger partial charge on any atom is 0.218 e. The third-order valence-corrected chi connectivity index (χ3v) is 2.09. The first-order valence-electron chi connectivity index (χ1n) is 4.91. The van der Waals surface area contributed by atoms with Gasteiger partial charge >= 0.3 is 0 Å². The van der Waals surface area contributed by atoms with Gasteiger partial charge in [-0.1, -0.05) is 24.3 Å². The molecular weight excluding hydrogens is 190 g/mol. The highest BCUT2D eigenvalue weighted by molar-refractivity contribution is 5.92. The van der Waals surface area contributed by atoms with Crippen LogP contribution in [0.25, 0.3) is 0 Å². The van der Waals surface area contributed by atoms with Crippen LogP contribution < -0.4 is 17.2 Å². The first kappa shape index (κ1) is 11.3. The molecule has 0 aromatic carbocycles. The van der Waals surface area contributed by atoms with Crippen LogP contribution >= 0.6 is 0 Å². The molecule has 0 saturated carbocycles. The lowest BCUT2D eigenvalue weighted by Crippen LogP contribution is -2.26. The van der Waals surface area contributed by atoms with E-state index in [1.54, 1.807) is 0 Å². The molecule has 1 aliphatic rings. The molecule has 0 fully saturated rings. The van der Waals surface area contributed by atoms with E-state index in [9.17, 15) is 0 Å². The molecule has 0 bridgehead atoms. The fourth-order valence-electron chi connectivity index (χ4n) is 1.36. The highest BCUT2D eigenvalue weighted by Gasteiger charge is 2.03. The fourth-order valence-corrected chi connectivity index (χ4v) is 1.36. The lowest BCUT2D eigenvalue weighted by molar-refractivity contribution is 0.604. The van der Waals surface area contributed by atoms with Gasteiger partial charge in [-0.25, -0.2) is 0 Å². The van der Waals surface area contributed by atoms with Crippen molar-refractivity contribution in [3.63, 3.8) is 0 Å². The van der Waals surface area contributed by atoms with E-state index in [0.717, 1.165) is 12.8 Å². The van der Waals surface area contributed by atoms with Gasteiger partial charge in [0.2, 0.25) is 5.96 Å². The third-order valence-electron chi connectivity index (χ3n) is 2.09. The van der Waals surface area contributed by atoms with Crippen molar-refractivity contribution in [1.82, 2.24) is 0 Å². The topological polar surface area (TPSA) is 103 Å². The molecule has 0 saturated heterocycles. The minimum atomic E-state index is -0.0586. The smallest absolute Gasteiger partial charge is 0.218 e. The molecule has 6 N–H and O–H groups in total. The molecule has 1 atom stereocenters. The van der Waals surface area contributed by atoms with Crippen LogP contribution in [0.4, 0.5) is 0 Å². The van der Waals surface area contributed by atoms with Gasteiger partial charge in [-0.3, -0.25) is 4.99 Å². The first-order chi connectivity index (χ1) is 7.18. The largest absolute Gasteiger partial charge is 0.370 e. The SMILES string of the molecule is NC(N)=NC(N)=NCCC1C=CC=CC1. The van der Waals surface area contributed by atoms with Crippen molar-refractivity contribution in [2.75, 3.05) is 6.54 Å². The average Bonchev–Trinajstić information content (AvgIpc) is 2.18. The molecule has 0 aromatic heterocycles. The summed E-state index contributed by atoms with van der Waals surface area (Å²) in [6.45, 7) is 0.644. The Balaban J connectivity index is 2.29. The summed E-state index contributed by atoms with van der Waals surface area (Å²) in [6.07, 6.45) is 10.4. The Kier molecular flexibility index (Phi) is 4.40. The first-order valence-corrected chi connectivity index (χ1v) is 4.91. The van der Waals surface area contributed by atoms with E-state index >= 15 is 0 Å². The second kappa shape index (κ2) is 5.85. The summed E-state index contributed by atoms with van der Waals surface area (Å²) in [7, 11) is 0. The minimum absolute atomic E-state index is 0.0586. The Morgan fingerprint density at radius 1 is 1.27 bits per heavy atom. The van der Waals surface area contributed by atoms with Gasteiger partial charge in [-0.2, -0.15) is 4.99 Å². The molecule has 5 heteroatoms. The molecule has 5 nitrogen and oxygen atoms in total. The van der Waals surface area contributed by atoms with Gasteiger partial charge in [0.05, 0.1) is 0 Å². The molecule has 0 aromatic rings. The number of nitrogens with zero attached hydrogens (tertiary/aromatic N) is 2. The van der Waals surface area contributed by atoms with Gasteiger partial charge in [0, 0.05) is 6.54 Å². The Morgan fingerprint density at radius 2 is 2.07 bits per heavy atom. The maximum atomic E-state index is 5.46. The second-order valence-corrected chi connectivity index (χ2v) is 3.37. The van der Waals surface area contributed by atoms with Gasteiger partial charge in [-0.15, -0.1) is 0 Å². The number of hydrogen-bond donors (Lipinski definition) is 3. The van der Waals surface area contributed by atoms with Crippen molar-refractivity contribution in [3.8, 4) is 0 Å². The summed E-state index contributed by atoms with van der Waals surface area (Å²) in [5.74, 6) is 0.632. The zero-order chi connectivity index (χ0) is 11.1. The van der Waals surface area contributed by atoms with Gasteiger partial charge in [-0.05, 0) is 18.8 Å². The van der Waals surface area contributed by atoms with Gasteiger partial charge in [0.25, 0.3) is 0 Å². The third kappa shape index (κ3) is 4.85. The molecule has 0 spiro atoms. The van der Waals surface area contributed by atoms with Gasteiger partial charge in [0.1, 0.15) is 0 Å². The summed E-state index contributed by atoms with van der Waals surface area (Å²) in [5, 5.41) is 0. The lowest BCUT2D eigenvalue weighted by atomic mass is 9.98. The number of aliphatic imine (C=N–C) groups is 2. The Labute approximate surface area is 89.4 Å². The van der Waals surface area contributed by atoms with E-state index in [2.05, 4.69) is 28.2 Å². The van der Waals surface area contributed by atoms with Crippen LogP contribution in [-0.4, -0.2) is 18.5 Å². The average molecular weight is 207 g/mol. The van der Waals surface area contributed by atoms with Crippen LogP contribution in [0.1, 0.15) is 12.8 Å².